The molecular formula is C79H112ClFN8O18S. The number of rotatable bonds is 23. The third kappa shape index (κ3) is 47.4. The lowest BCUT2D eigenvalue weighted by molar-refractivity contribution is -0.158. The Morgan fingerprint density at radius 3 is 1.14 bits per heavy atom. The monoisotopic (exact) mass is 1550 g/mol. The van der Waals surface area contributed by atoms with Crippen molar-refractivity contribution < 1.29 is 89.6 Å². The minimum absolute atomic E-state index is 0. The number of nitrogens with zero attached hydrogens (tertiary/aromatic N) is 4. The van der Waals surface area contributed by atoms with Gasteiger partial charge < -0.3 is 60.7 Å². The lowest BCUT2D eigenvalue weighted by Gasteiger charge is -2.23. The molecule has 0 aliphatic rings. The van der Waals surface area contributed by atoms with E-state index in [0.717, 1.165) is 27.9 Å². The van der Waals surface area contributed by atoms with Crippen molar-refractivity contribution in [3.8, 4) is 24.3 Å². The molecule has 0 heterocycles. The molecule has 0 radical (unpaired) electrons. The maximum Gasteiger partial charge on any atom is 0.403 e. The van der Waals surface area contributed by atoms with Crippen LogP contribution in [0.5, 0.6) is 0 Å². The Morgan fingerprint density at radius 2 is 0.833 bits per heavy atom. The van der Waals surface area contributed by atoms with Crippen LogP contribution in [0.1, 0.15) is 195 Å². The van der Waals surface area contributed by atoms with E-state index in [-0.39, 0.29) is 77.9 Å². The number of nitriles is 4. The fourth-order valence-electron chi connectivity index (χ4n) is 8.12. The van der Waals surface area contributed by atoms with Crippen molar-refractivity contribution in [1.29, 1.82) is 21.0 Å². The average molecular weight is 1550 g/mol. The molecular weight excluding hydrogens is 1440 g/mol. The van der Waals surface area contributed by atoms with Gasteiger partial charge >= 0.3 is 41.2 Å². The predicted molar refractivity (Wildman–Crippen MR) is 414 cm³/mol. The van der Waals surface area contributed by atoms with Gasteiger partial charge in [0.25, 0.3) is 10.1 Å². The van der Waals surface area contributed by atoms with E-state index in [1.165, 1.54) is 30.3 Å². The second-order valence-corrected chi connectivity index (χ2v) is 29.9. The van der Waals surface area contributed by atoms with E-state index in [4.69, 9.17) is 66.6 Å². The fraction of sp³-hybridized carbons (Fsp3) is 0.481. The van der Waals surface area contributed by atoms with Crippen LogP contribution in [0.15, 0.2) is 102 Å². The number of nitrogens with one attached hydrogen (secondary N) is 3. The highest BCUT2D eigenvalue weighted by atomic mass is 35.5. The van der Waals surface area contributed by atoms with Gasteiger partial charge in [-0.1, -0.05) is 53.8 Å². The minimum atomic E-state index is -3.99. The Balaban J connectivity index is -0.000000630. The predicted octanol–water partition coefficient (Wildman–Crippen LogP) is 15.0. The summed E-state index contributed by atoms with van der Waals surface area (Å²) in [6, 6.07) is 30.5. The molecule has 108 heavy (non-hydrogen) atoms. The molecule has 0 bridgehead atoms. The van der Waals surface area contributed by atoms with Gasteiger partial charge in [0, 0.05) is 28.7 Å². The van der Waals surface area contributed by atoms with E-state index in [0.29, 0.717) is 51.7 Å². The lowest BCUT2D eigenvalue weighted by atomic mass is 10.1. The molecule has 5 rings (SSSR count). The molecule has 0 fully saturated rings. The molecule has 0 amide bonds. The van der Waals surface area contributed by atoms with Gasteiger partial charge in [0.15, 0.2) is 0 Å². The standard InChI is InChI=1S/C23H28N2O5S.C16H20N2O4.C16H22N2O3.C8H6FN.C8H15NO4.C5H9ClO2.3CH4/c1-16-6-10-21(11-7-16)31(27,28)29-15-20(13-22(26)30-23(3,4)5)25-19-9-8-18(14-24)17(2)12-19;1-10-7-12(6-5-11(10)9-17)18-13(15(20)21)8-14(19)22-16(2,3)4;1-11-7-13(6-5-12(11)9-17)18-14(10-19)8-15(20)21-16(2,3)4;1-6-4-8(9)3-2-7(6)5-10;1-8(2,3)13-6(10)4-5(9)7(11)12;1-4(2)3-8-5(6)7;;;/h6-12,20,25H,13,15H2,1-5H3;5-7,13,18H,8H2,1-4H3,(H,20,21);5-7,14,18-19H,8,10H2,1-4H3;2-4H,1H3;5H,4,9H2,1-3H3,(H,11,12);4H,3H2,1-2H3;3*1H4/t20-;13-;14-;;5-;;;;/m000.0..../s1. The number of halogens is 2. The van der Waals surface area contributed by atoms with Crippen molar-refractivity contribution in [2.24, 2.45) is 11.7 Å². The van der Waals surface area contributed by atoms with Crippen LogP contribution >= 0.6 is 11.6 Å². The fourth-order valence-corrected chi connectivity index (χ4v) is 9.13. The maximum absolute atomic E-state index is 12.6. The zero-order chi connectivity index (χ0) is 81.0. The minimum Gasteiger partial charge on any atom is -0.480 e. The molecule has 0 aliphatic heterocycles. The number of aliphatic hydroxyl groups excluding tert-OH is 1. The Bertz CT molecular complexity index is 4010. The van der Waals surface area contributed by atoms with Crippen LogP contribution in [-0.2, 0) is 66.8 Å². The van der Waals surface area contributed by atoms with Crippen molar-refractivity contribution >= 4 is 80.0 Å². The summed E-state index contributed by atoms with van der Waals surface area (Å²) < 4.78 is 67.8. The van der Waals surface area contributed by atoms with Gasteiger partial charge in [-0.25, -0.2) is 14.0 Å². The van der Waals surface area contributed by atoms with Gasteiger partial charge in [-0.05, 0) is 231 Å². The number of carbonyl (C=O) groups excluding carboxylic acids is 5. The second kappa shape index (κ2) is 49.6. The van der Waals surface area contributed by atoms with E-state index in [1.807, 2.05) is 45.9 Å². The quantitative estimate of drug-likeness (QED) is 0.0138. The molecule has 0 aromatic heterocycles. The number of carbonyl (C=O) groups is 7. The van der Waals surface area contributed by atoms with Crippen molar-refractivity contribution in [3.05, 3.63) is 153 Å². The number of nitrogens with two attached hydrogens (primary N) is 1. The molecule has 26 nitrogen and oxygen atoms in total. The van der Waals surface area contributed by atoms with Crippen LogP contribution in [-0.4, -0.2) is 131 Å². The number of carboxylic acid groups (broad SMARTS) is 2. The summed E-state index contributed by atoms with van der Waals surface area (Å²) in [6.45, 7) is 33.8. The number of aliphatic carboxylic acids is 2. The first-order valence-electron chi connectivity index (χ1n) is 32.8. The van der Waals surface area contributed by atoms with E-state index in [1.54, 1.807) is 165 Å². The smallest absolute Gasteiger partial charge is 0.403 e. The molecule has 0 spiro atoms. The van der Waals surface area contributed by atoms with Gasteiger partial charge in [0.05, 0.1) is 109 Å². The van der Waals surface area contributed by atoms with Crippen LogP contribution in [0.3, 0.4) is 0 Å². The van der Waals surface area contributed by atoms with E-state index < -0.39 is 92.0 Å². The first-order valence-corrected chi connectivity index (χ1v) is 34.6. The third-order valence-electron chi connectivity index (χ3n) is 12.8. The molecule has 596 valence electrons. The van der Waals surface area contributed by atoms with E-state index >= 15 is 0 Å². The average Bonchev–Trinajstić information content (AvgIpc) is 0.844. The number of ether oxygens (including phenoxy) is 5. The second-order valence-electron chi connectivity index (χ2n) is 28.0. The van der Waals surface area contributed by atoms with E-state index in [9.17, 15) is 56.6 Å². The number of hydrogen-bond acceptors (Lipinski definition) is 24. The van der Waals surface area contributed by atoms with Crippen molar-refractivity contribution in [1.82, 2.24) is 0 Å². The zero-order valence-corrected chi connectivity index (χ0v) is 64.6. The van der Waals surface area contributed by atoms with Crippen LogP contribution < -0.4 is 21.7 Å². The SMILES string of the molecule is C.C.C.CC(C)(C)OC(=O)C[C@H](N)C(=O)O.CC(C)COC(=O)Cl.Cc1cc(F)ccc1C#N.Cc1cc(N[C@@H](CC(=O)OC(C)(C)C)C(=O)O)ccc1C#N.Cc1cc(N[C@H](CO)CC(=O)OC(C)(C)C)ccc1C#N.Cc1ccc(S(=O)(=O)OC[C@H](CC(=O)OC(C)(C)C)Nc2ccc(C#N)c(C)c2)cc1. The van der Waals surface area contributed by atoms with Crippen LogP contribution in [0.25, 0.3) is 0 Å². The van der Waals surface area contributed by atoms with Crippen molar-refractivity contribution in [2.45, 2.75) is 231 Å². The first kappa shape index (κ1) is 104. The number of aliphatic hydroxyl groups is 1. The van der Waals surface area contributed by atoms with E-state index in [2.05, 4.69) is 32.8 Å². The summed E-state index contributed by atoms with van der Waals surface area (Å²) >= 11 is 4.86. The number of anilines is 3. The summed E-state index contributed by atoms with van der Waals surface area (Å²) in [6.07, 6.45) is -0.606. The van der Waals surface area contributed by atoms with Crippen LogP contribution in [0.4, 0.5) is 26.2 Å². The third-order valence-corrected chi connectivity index (χ3v) is 14.2. The summed E-state index contributed by atoms with van der Waals surface area (Å²) in [5, 5.41) is 71.3. The topological polar surface area (TPSA) is 427 Å². The first-order chi connectivity index (χ1) is 48.3. The van der Waals surface area contributed by atoms with Crippen LogP contribution in [0.2, 0.25) is 0 Å². The highest BCUT2D eigenvalue weighted by Gasteiger charge is 2.28. The number of benzene rings is 5. The number of carboxylic acids is 2. The normalized spacial score (nSPS) is 11.7. The molecule has 0 saturated heterocycles. The maximum atomic E-state index is 12.6. The number of hydrogen-bond donors (Lipinski definition) is 7. The zero-order valence-electron chi connectivity index (χ0n) is 63.1. The van der Waals surface area contributed by atoms with Crippen LogP contribution in [0, 0.1) is 91.7 Å². The molecule has 5 aromatic carbocycles. The van der Waals surface area contributed by atoms with Crippen molar-refractivity contribution in [3.63, 3.8) is 0 Å². The summed E-state index contributed by atoms with van der Waals surface area (Å²) in [5.41, 5.74) is 10.0. The largest absolute Gasteiger partial charge is 0.480 e. The molecule has 29 heteroatoms. The van der Waals surface area contributed by atoms with Gasteiger partial charge in [-0.3, -0.25) is 28.2 Å². The Hall–Kier alpha value is -10.2. The highest BCUT2D eigenvalue weighted by Crippen LogP contribution is 2.23. The summed E-state index contributed by atoms with van der Waals surface area (Å²) in [7, 11) is -3.99. The lowest BCUT2D eigenvalue weighted by Crippen LogP contribution is -2.35. The van der Waals surface area contributed by atoms with Gasteiger partial charge in [-0.15, -0.1) is 0 Å². The summed E-state index contributed by atoms with van der Waals surface area (Å²) in [5.74, 6) is -4.31. The molecule has 0 unspecified atom stereocenters. The Kier molecular flexibility index (Phi) is 47.9. The molecule has 4 atom stereocenters. The van der Waals surface area contributed by atoms with Crippen molar-refractivity contribution in [2.75, 3.05) is 35.8 Å². The molecule has 5 aromatic rings. The molecule has 0 aliphatic carbocycles. The van der Waals surface area contributed by atoms with Gasteiger partial charge in [0.1, 0.15) is 40.3 Å². The number of esters is 4. The molecule has 0 saturated carbocycles. The molecule has 8 N–H and O–H groups in total. The van der Waals surface area contributed by atoms with Gasteiger partial charge in [0.2, 0.25) is 0 Å². The van der Waals surface area contributed by atoms with Gasteiger partial charge in [-0.2, -0.15) is 29.5 Å². The number of aryl methyl sites for hydroxylation is 5. The Morgan fingerprint density at radius 1 is 0.500 bits per heavy atom. The Labute approximate surface area is 643 Å². The summed E-state index contributed by atoms with van der Waals surface area (Å²) in [4.78, 5) is 78.4. The highest BCUT2D eigenvalue weighted by molar-refractivity contribution is 7.86.